The molecule has 6 heteroatoms. The summed E-state index contributed by atoms with van der Waals surface area (Å²) >= 11 is 6.08. The van der Waals surface area contributed by atoms with Gasteiger partial charge in [0.1, 0.15) is 5.02 Å². The molecule has 1 heterocycles. The zero-order valence-corrected chi connectivity index (χ0v) is 12.1. The van der Waals surface area contributed by atoms with Crippen molar-refractivity contribution in [2.24, 2.45) is 0 Å². The summed E-state index contributed by atoms with van der Waals surface area (Å²) < 4.78 is 7.10. The van der Waals surface area contributed by atoms with Gasteiger partial charge in [-0.2, -0.15) is 0 Å². The van der Waals surface area contributed by atoms with Crippen LogP contribution in [0.4, 0.5) is 0 Å². The SMILES string of the molecule is CCNC(=O)[C@H](C)Oc1nn(-c2ccccc2)cc1Cl. The number of amides is 1. The maximum absolute atomic E-state index is 11.6. The molecule has 0 fully saturated rings. The third-order valence-corrected chi connectivity index (χ3v) is 2.93. The Balaban J connectivity index is 2.14. The molecule has 0 saturated carbocycles. The van der Waals surface area contributed by atoms with Crippen LogP contribution in [0.25, 0.3) is 5.69 Å². The molecule has 1 amide bonds. The fourth-order valence-electron chi connectivity index (χ4n) is 1.67. The first-order chi connectivity index (χ1) is 9.61. The van der Waals surface area contributed by atoms with Crippen LogP contribution in [0, 0.1) is 0 Å². The monoisotopic (exact) mass is 293 g/mol. The molecule has 1 aromatic heterocycles. The highest BCUT2D eigenvalue weighted by molar-refractivity contribution is 6.31. The molecule has 0 unspecified atom stereocenters. The molecule has 106 valence electrons. The average molecular weight is 294 g/mol. The summed E-state index contributed by atoms with van der Waals surface area (Å²) in [4.78, 5) is 11.6. The second kappa shape index (κ2) is 6.43. The molecule has 0 bridgehead atoms. The fraction of sp³-hybridized carbons (Fsp3) is 0.286. The van der Waals surface area contributed by atoms with Gasteiger partial charge in [0.25, 0.3) is 11.8 Å². The van der Waals surface area contributed by atoms with E-state index >= 15 is 0 Å². The van der Waals surface area contributed by atoms with Crippen molar-refractivity contribution in [3.8, 4) is 11.6 Å². The summed E-state index contributed by atoms with van der Waals surface area (Å²) in [6.07, 6.45) is 1.00. The van der Waals surface area contributed by atoms with Gasteiger partial charge in [-0.3, -0.25) is 4.79 Å². The normalized spacial score (nSPS) is 11.9. The lowest BCUT2D eigenvalue weighted by molar-refractivity contribution is -0.127. The van der Waals surface area contributed by atoms with Crippen molar-refractivity contribution in [2.45, 2.75) is 20.0 Å². The summed E-state index contributed by atoms with van der Waals surface area (Å²) in [5.41, 5.74) is 0.870. The van der Waals surface area contributed by atoms with Crippen LogP contribution < -0.4 is 10.1 Å². The summed E-state index contributed by atoms with van der Waals surface area (Å²) in [5, 5.41) is 7.29. The van der Waals surface area contributed by atoms with Crippen molar-refractivity contribution in [1.29, 1.82) is 0 Å². The summed E-state index contributed by atoms with van der Waals surface area (Å²) in [6.45, 7) is 4.06. The Morgan fingerprint density at radius 1 is 1.45 bits per heavy atom. The molecule has 2 rings (SSSR count). The molecule has 1 aromatic carbocycles. The molecule has 0 aliphatic rings. The predicted octanol–water partition coefficient (Wildman–Crippen LogP) is 2.43. The molecule has 20 heavy (non-hydrogen) atoms. The Kier molecular flexibility index (Phi) is 4.63. The molecule has 5 nitrogen and oxygen atoms in total. The second-order valence-electron chi connectivity index (χ2n) is 4.22. The summed E-state index contributed by atoms with van der Waals surface area (Å²) in [5.74, 6) is 0.0482. The van der Waals surface area contributed by atoms with Crippen molar-refractivity contribution in [3.63, 3.8) is 0 Å². The number of hydrogen-bond donors (Lipinski definition) is 1. The van der Waals surface area contributed by atoms with Crippen LogP contribution in [0.3, 0.4) is 0 Å². The van der Waals surface area contributed by atoms with Crippen LogP contribution in [-0.2, 0) is 4.79 Å². The zero-order chi connectivity index (χ0) is 14.5. The Morgan fingerprint density at radius 3 is 2.80 bits per heavy atom. The van der Waals surface area contributed by atoms with Gasteiger partial charge in [-0.05, 0) is 26.0 Å². The lowest BCUT2D eigenvalue weighted by Crippen LogP contribution is -2.36. The number of ether oxygens (including phenoxy) is 1. The topological polar surface area (TPSA) is 56.1 Å². The van der Waals surface area contributed by atoms with Crippen molar-refractivity contribution < 1.29 is 9.53 Å². The number of halogens is 1. The van der Waals surface area contributed by atoms with Gasteiger partial charge in [0.2, 0.25) is 0 Å². The zero-order valence-electron chi connectivity index (χ0n) is 11.3. The highest BCUT2D eigenvalue weighted by atomic mass is 35.5. The number of benzene rings is 1. The van der Waals surface area contributed by atoms with Crippen LogP contribution >= 0.6 is 11.6 Å². The van der Waals surface area contributed by atoms with Crippen molar-refractivity contribution in [3.05, 3.63) is 41.6 Å². The number of rotatable bonds is 5. The number of likely N-dealkylation sites (N-methyl/N-ethyl adjacent to an activating group) is 1. The van der Waals surface area contributed by atoms with Crippen molar-refractivity contribution in [1.82, 2.24) is 15.1 Å². The average Bonchev–Trinajstić information content (AvgIpc) is 2.81. The first-order valence-corrected chi connectivity index (χ1v) is 6.74. The van der Waals surface area contributed by atoms with Gasteiger partial charge in [-0.1, -0.05) is 29.8 Å². The number of carbonyl (C=O) groups excluding carboxylic acids is 1. The van der Waals surface area contributed by atoms with Crippen LogP contribution in [0.15, 0.2) is 36.5 Å². The van der Waals surface area contributed by atoms with Gasteiger partial charge in [-0.15, -0.1) is 5.10 Å². The number of nitrogens with zero attached hydrogens (tertiary/aromatic N) is 2. The maximum atomic E-state index is 11.6. The minimum absolute atomic E-state index is 0.196. The quantitative estimate of drug-likeness (QED) is 0.921. The Morgan fingerprint density at radius 2 is 2.15 bits per heavy atom. The van der Waals surface area contributed by atoms with E-state index in [9.17, 15) is 4.79 Å². The first-order valence-electron chi connectivity index (χ1n) is 6.36. The van der Waals surface area contributed by atoms with Gasteiger partial charge in [0.15, 0.2) is 6.10 Å². The minimum atomic E-state index is -0.647. The molecule has 0 spiro atoms. The van der Waals surface area contributed by atoms with Crippen LogP contribution in [0.2, 0.25) is 5.02 Å². The van der Waals surface area contributed by atoms with E-state index in [1.165, 1.54) is 0 Å². The second-order valence-corrected chi connectivity index (χ2v) is 4.62. The molecule has 0 saturated heterocycles. The van der Waals surface area contributed by atoms with E-state index in [1.54, 1.807) is 17.8 Å². The van der Waals surface area contributed by atoms with E-state index in [1.807, 2.05) is 37.3 Å². The lowest BCUT2D eigenvalue weighted by atomic mass is 10.3. The van der Waals surface area contributed by atoms with Gasteiger partial charge in [-0.25, -0.2) is 4.68 Å². The molecular formula is C14H16ClN3O2. The van der Waals surface area contributed by atoms with Crippen LogP contribution in [-0.4, -0.2) is 28.3 Å². The third-order valence-electron chi connectivity index (χ3n) is 2.67. The number of para-hydroxylation sites is 1. The van der Waals surface area contributed by atoms with Crippen LogP contribution in [0.5, 0.6) is 5.88 Å². The molecule has 0 radical (unpaired) electrons. The predicted molar refractivity (Wildman–Crippen MR) is 77.3 cm³/mol. The van der Waals surface area contributed by atoms with E-state index in [-0.39, 0.29) is 11.8 Å². The highest BCUT2D eigenvalue weighted by Gasteiger charge is 2.18. The standard InChI is InChI=1S/C14H16ClN3O2/c1-3-16-13(19)10(2)20-14-12(15)9-18(17-14)11-7-5-4-6-8-11/h4-10H,3H2,1-2H3,(H,16,19)/t10-/m0/s1. The molecule has 0 aliphatic carbocycles. The van der Waals surface area contributed by atoms with E-state index in [2.05, 4.69) is 10.4 Å². The van der Waals surface area contributed by atoms with Gasteiger partial charge in [0, 0.05) is 6.54 Å². The van der Waals surface area contributed by atoms with E-state index < -0.39 is 6.10 Å². The molecule has 1 atom stereocenters. The van der Waals surface area contributed by atoms with E-state index in [4.69, 9.17) is 16.3 Å². The van der Waals surface area contributed by atoms with Gasteiger partial charge < -0.3 is 10.1 Å². The maximum Gasteiger partial charge on any atom is 0.260 e. The Labute approximate surface area is 122 Å². The Hall–Kier alpha value is -2.01. The molecule has 2 aromatic rings. The van der Waals surface area contributed by atoms with E-state index in [0.717, 1.165) is 5.69 Å². The smallest absolute Gasteiger partial charge is 0.260 e. The number of aromatic nitrogens is 2. The third kappa shape index (κ3) is 3.30. The highest BCUT2D eigenvalue weighted by Crippen LogP contribution is 2.24. The van der Waals surface area contributed by atoms with E-state index in [0.29, 0.717) is 11.6 Å². The largest absolute Gasteiger partial charge is 0.462 e. The molecule has 1 N–H and O–H groups in total. The van der Waals surface area contributed by atoms with Crippen molar-refractivity contribution >= 4 is 17.5 Å². The fourth-order valence-corrected chi connectivity index (χ4v) is 1.84. The Bertz CT molecular complexity index is 583. The summed E-state index contributed by atoms with van der Waals surface area (Å²) in [7, 11) is 0. The number of hydrogen-bond acceptors (Lipinski definition) is 3. The van der Waals surface area contributed by atoms with Crippen LogP contribution in [0.1, 0.15) is 13.8 Å². The number of nitrogens with one attached hydrogen (secondary N) is 1. The van der Waals surface area contributed by atoms with Crippen molar-refractivity contribution in [2.75, 3.05) is 6.54 Å². The molecular weight excluding hydrogens is 278 g/mol. The molecule has 0 aliphatic heterocycles. The number of carbonyl (C=O) groups is 1. The lowest BCUT2D eigenvalue weighted by Gasteiger charge is -2.11. The first kappa shape index (κ1) is 14.4. The van der Waals surface area contributed by atoms with Gasteiger partial charge >= 0.3 is 0 Å². The van der Waals surface area contributed by atoms with Gasteiger partial charge in [0.05, 0.1) is 11.9 Å². The summed E-state index contributed by atoms with van der Waals surface area (Å²) in [6, 6.07) is 9.54. The minimum Gasteiger partial charge on any atom is -0.462 e.